The van der Waals surface area contributed by atoms with E-state index in [0.29, 0.717) is 12.1 Å². The molecule has 25 heavy (non-hydrogen) atoms. The first-order valence-electron chi connectivity index (χ1n) is 7.59. The highest BCUT2D eigenvalue weighted by Crippen LogP contribution is 2.17. The number of aromatic nitrogens is 2. The smallest absolute Gasteiger partial charge is 0.294 e. The van der Waals surface area contributed by atoms with Crippen LogP contribution >= 0.6 is 11.3 Å². The number of nitrogens with one attached hydrogen (secondary N) is 2. The first kappa shape index (κ1) is 16.7. The summed E-state index contributed by atoms with van der Waals surface area (Å²) < 4.78 is 1.39. The molecule has 0 aliphatic rings. The van der Waals surface area contributed by atoms with E-state index in [1.807, 2.05) is 35.7 Å². The standard InChI is InChI=1S/C17H16N4O3S/c22-14-11-21(12-5-2-1-3-6-12)20-16(14)17(24)19-18-15(23)9-8-13-7-4-10-25-13/h1-7,10-11,22H,8-9H2,(H,18,23)(H,19,24). The van der Waals surface area contributed by atoms with E-state index < -0.39 is 5.91 Å². The van der Waals surface area contributed by atoms with Crippen LogP contribution in [0.25, 0.3) is 5.69 Å². The van der Waals surface area contributed by atoms with Crippen molar-refractivity contribution < 1.29 is 14.7 Å². The van der Waals surface area contributed by atoms with Crippen molar-refractivity contribution >= 4 is 23.2 Å². The summed E-state index contributed by atoms with van der Waals surface area (Å²) in [7, 11) is 0. The van der Waals surface area contributed by atoms with Crippen molar-refractivity contribution in [2.24, 2.45) is 0 Å². The van der Waals surface area contributed by atoms with Gasteiger partial charge in [0, 0.05) is 11.3 Å². The Hall–Kier alpha value is -3.13. The summed E-state index contributed by atoms with van der Waals surface area (Å²) in [6.45, 7) is 0. The summed E-state index contributed by atoms with van der Waals surface area (Å²) in [4.78, 5) is 25.0. The Morgan fingerprint density at radius 3 is 2.64 bits per heavy atom. The fraction of sp³-hybridized carbons (Fsp3) is 0.118. The molecule has 0 radical (unpaired) electrons. The minimum absolute atomic E-state index is 0.164. The lowest BCUT2D eigenvalue weighted by Gasteiger charge is -2.05. The van der Waals surface area contributed by atoms with Gasteiger partial charge in [-0.15, -0.1) is 11.3 Å². The molecule has 0 aliphatic carbocycles. The lowest BCUT2D eigenvalue weighted by molar-refractivity contribution is -0.121. The molecular weight excluding hydrogens is 340 g/mol. The first-order valence-corrected chi connectivity index (χ1v) is 8.47. The van der Waals surface area contributed by atoms with Crippen molar-refractivity contribution in [2.45, 2.75) is 12.8 Å². The summed E-state index contributed by atoms with van der Waals surface area (Å²) in [5.74, 6) is -1.27. The number of hydrogen-bond acceptors (Lipinski definition) is 5. The molecule has 8 heteroatoms. The molecule has 3 rings (SSSR count). The third-order valence-electron chi connectivity index (χ3n) is 3.42. The van der Waals surface area contributed by atoms with Gasteiger partial charge in [0.25, 0.3) is 5.91 Å². The van der Waals surface area contributed by atoms with Crippen LogP contribution in [0.3, 0.4) is 0 Å². The summed E-state index contributed by atoms with van der Waals surface area (Å²) >= 11 is 1.58. The Bertz CT molecular complexity index is 859. The molecule has 0 aliphatic heterocycles. The van der Waals surface area contributed by atoms with E-state index in [2.05, 4.69) is 16.0 Å². The second-order valence-corrected chi connectivity index (χ2v) is 6.26. The van der Waals surface area contributed by atoms with E-state index in [1.54, 1.807) is 23.5 Å². The van der Waals surface area contributed by atoms with Gasteiger partial charge >= 0.3 is 0 Å². The zero-order valence-electron chi connectivity index (χ0n) is 13.2. The number of carbonyl (C=O) groups excluding carboxylic acids is 2. The molecule has 0 bridgehead atoms. The molecule has 2 amide bonds. The molecule has 1 aromatic carbocycles. The second kappa shape index (κ2) is 7.63. The van der Waals surface area contributed by atoms with Crippen LogP contribution in [-0.4, -0.2) is 26.7 Å². The molecule has 128 valence electrons. The van der Waals surface area contributed by atoms with Crippen molar-refractivity contribution in [1.82, 2.24) is 20.6 Å². The molecule has 0 unspecified atom stereocenters. The summed E-state index contributed by atoms with van der Waals surface area (Å²) in [6.07, 6.45) is 2.20. The quantitative estimate of drug-likeness (QED) is 0.610. The van der Waals surface area contributed by atoms with Crippen molar-refractivity contribution in [2.75, 3.05) is 0 Å². The molecule has 2 aromatic heterocycles. The zero-order chi connectivity index (χ0) is 17.6. The summed E-state index contributed by atoms with van der Waals surface area (Å²) in [5.41, 5.74) is 5.13. The van der Waals surface area contributed by atoms with E-state index in [4.69, 9.17) is 0 Å². The van der Waals surface area contributed by atoms with E-state index in [-0.39, 0.29) is 23.8 Å². The molecule has 3 aromatic rings. The van der Waals surface area contributed by atoms with Gasteiger partial charge in [0.05, 0.1) is 11.9 Å². The van der Waals surface area contributed by atoms with Crippen LogP contribution in [0.15, 0.2) is 54.0 Å². The fourth-order valence-electron chi connectivity index (χ4n) is 2.18. The van der Waals surface area contributed by atoms with Gasteiger partial charge in [-0.25, -0.2) is 4.68 Å². The first-order chi connectivity index (χ1) is 12.1. The highest BCUT2D eigenvalue weighted by atomic mass is 32.1. The highest BCUT2D eigenvalue weighted by molar-refractivity contribution is 7.09. The lowest BCUT2D eigenvalue weighted by Crippen LogP contribution is -2.41. The molecule has 0 saturated heterocycles. The van der Waals surface area contributed by atoms with E-state index >= 15 is 0 Å². The average Bonchev–Trinajstić information content (AvgIpc) is 3.28. The minimum Gasteiger partial charge on any atom is -0.504 e. The number of hydrogen-bond donors (Lipinski definition) is 3. The molecule has 7 nitrogen and oxygen atoms in total. The van der Waals surface area contributed by atoms with Gasteiger partial charge in [-0.3, -0.25) is 20.4 Å². The van der Waals surface area contributed by atoms with Crippen LogP contribution in [0.1, 0.15) is 21.8 Å². The Kier molecular flexibility index (Phi) is 5.10. The number of amides is 2. The number of benzene rings is 1. The predicted molar refractivity (Wildman–Crippen MR) is 93.5 cm³/mol. The SMILES string of the molecule is O=C(CCc1cccs1)NNC(=O)c1nn(-c2ccccc2)cc1O. The predicted octanol–water partition coefficient (Wildman–Crippen LogP) is 2.03. The minimum atomic E-state index is -0.684. The number of hydrazine groups is 1. The van der Waals surface area contributed by atoms with Gasteiger partial charge in [-0.1, -0.05) is 24.3 Å². The number of para-hydroxylation sites is 1. The number of carbonyl (C=O) groups is 2. The topological polar surface area (TPSA) is 96.3 Å². The number of thiophene rings is 1. The molecular formula is C17H16N4O3S. The Balaban J connectivity index is 1.56. The van der Waals surface area contributed by atoms with Crippen molar-refractivity contribution in [3.8, 4) is 11.4 Å². The van der Waals surface area contributed by atoms with Gasteiger partial charge in [-0.2, -0.15) is 5.10 Å². The molecule has 0 fully saturated rings. The van der Waals surface area contributed by atoms with Crippen LogP contribution in [0.2, 0.25) is 0 Å². The maximum absolute atomic E-state index is 12.1. The highest BCUT2D eigenvalue weighted by Gasteiger charge is 2.17. The fourth-order valence-corrected chi connectivity index (χ4v) is 2.89. The normalized spacial score (nSPS) is 10.4. The second-order valence-electron chi connectivity index (χ2n) is 5.22. The maximum Gasteiger partial charge on any atom is 0.294 e. The van der Waals surface area contributed by atoms with Gasteiger partial charge < -0.3 is 5.11 Å². The number of aromatic hydroxyl groups is 1. The molecule has 0 atom stereocenters. The van der Waals surface area contributed by atoms with Gasteiger partial charge in [0.2, 0.25) is 5.91 Å². The molecule has 0 spiro atoms. The monoisotopic (exact) mass is 356 g/mol. The van der Waals surface area contributed by atoms with Crippen molar-refractivity contribution in [3.05, 3.63) is 64.6 Å². The Morgan fingerprint density at radius 2 is 1.92 bits per heavy atom. The van der Waals surface area contributed by atoms with Crippen LogP contribution in [0, 0.1) is 0 Å². The maximum atomic E-state index is 12.1. The Morgan fingerprint density at radius 1 is 1.12 bits per heavy atom. The van der Waals surface area contributed by atoms with Gasteiger partial charge in [0.1, 0.15) is 0 Å². The van der Waals surface area contributed by atoms with Crippen LogP contribution in [0.4, 0.5) is 0 Å². The largest absolute Gasteiger partial charge is 0.504 e. The summed E-state index contributed by atoms with van der Waals surface area (Å²) in [6, 6.07) is 13.0. The zero-order valence-corrected chi connectivity index (χ0v) is 14.0. The van der Waals surface area contributed by atoms with Crippen LogP contribution in [0.5, 0.6) is 5.75 Å². The third-order valence-corrected chi connectivity index (χ3v) is 4.36. The molecule has 2 heterocycles. The van der Waals surface area contributed by atoms with Gasteiger partial charge in [0.15, 0.2) is 11.4 Å². The van der Waals surface area contributed by atoms with Crippen molar-refractivity contribution in [3.63, 3.8) is 0 Å². The summed E-state index contributed by atoms with van der Waals surface area (Å²) in [5, 5.41) is 15.9. The lowest BCUT2D eigenvalue weighted by atomic mass is 10.2. The third kappa shape index (κ3) is 4.24. The molecule has 0 saturated carbocycles. The Labute approximate surface area is 147 Å². The average molecular weight is 356 g/mol. The van der Waals surface area contributed by atoms with Crippen LogP contribution < -0.4 is 10.9 Å². The van der Waals surface area contributed by atoms with Crippen LogP contribution in [-0.2, 0) is 11.2 Å². The molecule has 3 N–H and O–H groups in total. The number of nitrogens with zero attached hydrogens (tertiary/aromatic N) is 2. The van der Waals surface area contributed by atoms with E-state index in [9.17, 15) is 14.7 Å². The van der Waals surface area contributed by atoms with Gasteiger partial charge in [-0.05, 0) is 30.0 Å². The number of rotatable bonds is 5. The van der Waals surface area contributed by atoms with E-state index in [1.165, 1.54) is 10.9 Å². The number of aryl methyl sites for hydroxylation is 1. The van der Waals surface area contributed by atoms with E-state index in [0.717, 1.165) is 4.88 Å². The van der Waals surface area contributed by atoms with Crippen molar-refractivity contribution in [1.29, 1.82) is 0 Å².